The first-order valence-corrected chi connectivity index (χ1v) is 14.3. The van der Waals surface area contributed by atoms with E-state index in [1.165, 1.54) is 28.6 Å². The molecule has 7 nitrogen and oxygen atoms in total. The number of nitrogens with zero attached hydrogens (tertiary/aromatic N) is 2. The number of halogens is 3. The number of amides is 2. The zero-order valence-electron chi connectivity index (χ0n) is 19.9. The van der Waals surface area contributed by atoms with E-state index in [1.54, 1.807) is 17.0 Å². The summed E-state index contributed by atoms with van der Waals surface area (Å²) < 4.78 is 47.8. The zero-order valence-corrected chi connectivity index (χ0v) is 23.0. The number of sulfonamides is 1. The molecule has 0 atom stereocenters. The van der Waals surface area contributed by atoms with Gasteiger partial charge >= 0.3 is 6.03 Å². The van der Waals surface area contributed by atoms with Crippen LogP contribution in [0.25, 0.3) is 0 Å². The smallest absolute Gasteiger partial charge is 0.317 e. The van der Waals surface area contributed by atoms with Crippen LogP contribution < -0.4 is 10.1 Å². The van der Waals surface area contributed by atoms with Crippen molar-refractivity contribution in [2.75, 3.05) is 32.7 Å². The fraction of sp³-hybridized carbons (Fsp3) is 0.269. The lowest BCUT2D eigenvalue weighted by Gasteiger charge is -2.34. The first-order chi connectivity index (χ1) is 17.7. The highest BCUT2D eigenvalue weighted by atomic mass is 79.9. The highest BCUT2D eigenvalue weighted by Crippen LogP contribution is 2.28. The van der Waals surface area contributed by atoms with Crippen molar-refractivity contribution in [2.45, 2.75) is 17.9 Å². The number of nitrogens with one attached hydrogen (secondary N) is 1. The molecule has 3 aromatic rings. The van der Waals surface area contributed by atoms with Crippen LogP contribution >= 0.6 is 27.5 Å². The Balaban J connectivity index is 1.26. The van der Waals surface area contributed by atoms with E-state index in [1.807, 2.05) is 30.3 Å². The summed E-state index contributed by atoms with van der Waals surface area (Å²) in [6, 6.07) is 18.4. The number of hydrogen-bond donors (Lipinski definition) is 1. The third kappa shape index (κ3) is 7.22. The summed E-state index contributed by atoms with van der Waals surface area (Å²) in [4.78, 5) is 14.2. The van der Waals surface area contributed by atoms with E-state index in [2.05, 4.69) is 21.2 Å². The lowest BCUT2D eigenvalue weighted by molar-refractivity contribution is 0.172. The molecule has 196 valence electrons. The fourth-order valence-electron chi connectivity index (χ4n) is 3.97. The van der Waals surface area contributed by atoms with Crippen LogP contribution in [0.2, 0.25) is 5.02 Å². The summed E-state index contributed by atoms with van der Waals surface area (Å²) in [5.74, 6) is 0.0171. The SMILES string of the molecule is O=C(NCCc1cc(F)cc(OCc2ccccc2)c1)N1CCN(S(=O)(=O)c2ccc(Br)cc2Cl)CC1. The largest absolute Gasteiger partial charge is 0.489 e. The molecule has 0 radical (unpaired) electrons. The van der Waals surface area contributed by atoms with E-state index >= 15 is 0 Å². The van der Waals surface area contributed by atoms with Gasteiger partial charge in [-0.2, -0.15) is 4.31 Å². The Bertz CT molecular complexity index is 1350. The van der Waals surface area contributed by atoms with Gasteiger partial charge in [-0.25, -0.2) is 17.6 Å². The minimum absolute atomic E-state index is 0.0393. The zero-order chi connectivity index (χ0) is 26.4. The van der Waals surface area contributed by atoms with Crippen LogP contribution in [0, 0.1) is 5.82 Å². The van der Waals surface area contributed by atoms with E-state index in [-0.39, 0.29) is 42.1 Å². The van der Waals surface area contributed by atoms with Gasteiger partial charge in [0.15, 0.2) is 0 Å². The molecule has 0 aliphatic carbocycles. The number of carbonyl (C=O) groups is 1. The summed E-state index contributed by atoms with van der Waals surface area (Å²) in [5, 5.41) is 2.97. The van der Waals surface area contributed by atoms with E-state index in [9.17, 15) is 17.6 Å². The maximum Gasteiger partial charge on any atom is 0.317 e. The van der Waals surface area contributed by atoms with Crippen molar-refractivity contribution in [3.8, 4) is 5.75 Å². The molecule has 1 aliphatic heterocycles. The lowest BCUT2D eigenvalue weighted by Crippen LogP contribution is -2.53. The van der Waals surface area contributed by atoms with E-state index < -0.39 is 15.8 Å². The highest BCUT2D eigenvalue weighted by Gasteiger charge is 2.31. The van der Waals surface area contributed by atoms with Gasteiger partial charge in [-0.3, -0.25) is 0 Å². The topological polar surface area (TPSA) is 79.0 Å². The monoisotopic (exact) mass is 609 g/mol. The Morgan fingerprint density at radius 1 is 1.00 bits per heavy atom. The molecule has 0 aromatic heterocycles. The Kier molecular flexibility index (Phi) is 9.07. The molecule has 0 spiro atoms. The van der Waals surface area contributed by atoms with Crippen molar-refractivity contribution in [1.82, 2.24) is 14.5 Å². The second kappa shape index (κ2) is 12.3. The number of hydrogen-bond acceptors (Lipinski definition) is 4. The Labute approximate surface area is 229 Å². The minimum Gasteiger partial charge on any atom is -0.489 e. The van der Waals surface area contributed by atoms with Crippen LogP contribution in [0.5, 0.6) is 5.75 Å². The molecule has 4 rings (SSSR count). The Morgan fingerprint density at radius 3 is 2.43 bits per heavy atom. The first-order valence-electron chi connectivity index (χ1n) is 11.7. The van der Waals surface area contributed by atoms with Crippen molar-refractivity contribution in [2.24, 2.45) is 0 Å². The quantitative estimate of drug-likeness (QED) is 0.386. The number of ether oxygens (including phenoxy) is 1. The average molecular weight is 611 g/mol. The Hall–Kier alpha value is -2.66. The Morgan fingerprint density at radius 2 is 1.73 bits per heavy atom. The molecule has 0 unspecified atom stereocenters. The molecule has 3 aromatic carbocycles. The molecule has 1 aliphatic rings. The van der Waals surface area contributed by atoms with Gasteiger partial charge < -0.3 is 15.0 Å². The number of piperazine rings is 1. The second-order valence-corrected chi connectivity index (χ2v) is 11.7. The summed E-state index contributed by atoms with van der Waals surface area (Å²) in [5.41, 5.74) is 1.68. The minimum atomic E-state index is -3.77. The maximum atomic E-state index is 14.1. The third-order valence-electron chi connectivity index (χ3n) is 5.91. The third-order valence-corrected chi connectivity index (χ3v) is 8.78. The fourth-order valence-corrected chi connectivity index (χ4v) is 6.40. The highest BCUT2D eigenvalue weighted by molar-refractivity contribution is 9.10. The molecular weight excluding hydrogens is 585 g/mol. The number of urea groups is 1. The van der Waals surface area contributed by atoms with Gasteiger partial charge in [0.25, 0.3) is 0 Å². The van der Waals surface area contributed by atoms with Gasteiger partial charge in [-0.15, -0.1) is 0 Å². The molecule has 1 fully saturated rings. The van der Waals surface area contributed by atoms with Gasteiger partial charge in [0.05, 0.1) is 5.02 Å². The molecule has 0 saturated carbocycles. The first kappa shape index (κ1) is 27.4. The van der Waals surface area contributed by atoms with Crippen LogP contribution in [0.3, 0.4) is 0 Å². The normalized spacial score (nSPS) is 14.4. The second-order valence-electron chi connectivity index (χ2n) is 8.52. The van der Waals surface area contributed by atoms with E-state index in [4.69, 9.17) is 16.3 Å². The molecule has 37 heavy (non-hydrogen) atoms. The van der Waals surface area contributed by atoms with Crippen LogP contribution in [-0.4, -0.2) is 56.4 Å². The summed E-state index contributed by atoms with van der Waals surface area (Å²) in [7, 11) is -3.77. The average Bonchev–Trinajstić information content (AvgIpc) is 2.87. The van der Waals surface area contributed by atoms with Crippen LogP contribution in [0.15, 0.2) is 76.1 Å². The van der Waals surface area contributed by atoms with Gasteiger partial charge in [0, 0.05) is 43.3 Å². The predicted molar refractivity (Wildman–Crippen MR) is 144 cm³/mol. The molecule has 0 bridgehead atoms. The molecular formula is C26H26BrClFN3O4S. The van der Waals surface area contributed by atoms with E-state index in [0.717, 1.165) is 5.56 Å². The van der Waals surface area contributed by atoms with Gasteiger partial charge in [0.1, 0.15) is 23.1 Å². The van der Waals surface area contributed by atoms with Gasteiger partial charge in [0.2, 0.25) is 10.0 Å². The van der Waals surface area contributed by atoms with Crippen LogP contribution in [0.4, 0.5) is 9.18 Å². The van der Waals surface area contributed by atoms with Gasteiger partial charge in [-0.05, 0) is 47.9 Å². The molecule has 11 heteroatoms. The van der Waals surface area contributed by atoms with Crippen molar-refractivity contribution in [3.63, 3.8) is 0 Å². The van der Waals surface area contributed by atoms with Crippen LogP contribution in [-0.2, 0) is 23.1 Å². The number of carbonyl (C=O) groups excluding carboxylic acids is 1. The van der Waals surface area contributed by atoms with E-state index in [0.29, 0.717) is 35.4 Å². The van der Waals surface area contributed by atoms with Crippen molar-refractivity contribution in [1.29, 1.82) is 0 Å². The van der Waals surface area contributed by atoms with Crippen molar-refractivity contribution >= 4 is 43.6 Å². The number of benzene rings is 3. The molecule has 1 saturated heterocycles. The van der Waals surface area contributed by atoms with Crippen LogP contribution in [0.1, 0.15) is 11.1 Å². The standard InChI is InChI=1S/C26H26BrClFN3O4S/c27-21-6-7-25(24(28)16-21)37(34,35)32-12-10-31(11-13-32)26(33)30-9-8-20-14-22(29)17-23(15-20)36-18-19-4-2-1-3-5-19/h1-7,14-17H,8-13,18H2,(H,30,33). The molecule has 1 heterocycles. The predicted octanol–water partition coefficient (Wildman–Crippen LogP) is 5.08. The number of rotatable bonds is 8. The maximum absolute atomic E-state index is 14.1. The molecule has 1 N–H and O–H groups in total. The molecule has 2 amide bonds. The summed E-state index contributed by atoms with van der Waals surface area (Å²) in [6.45, 7) is 1.44. The summed E-state index contributed by atoms with van der Waals surface area (Å²) in [6.07, 6.45) is 0.418. The lowest BCUT2D eigenvalue weighted by atomic mass is 10.1. The van der Waals surface area contributed by atoms with Crippen molar-refractivity contribution < 1.29 is 22.3 Å². The van der Waals surface area contributed by atoms with Gasteiger partial charge in [-0.1, -0.05) is 57.9 Å². The van der Waals surface area contributed by atoms with Crippen molar-refractivity contribution in [3.05, 3.63) is 93.2 Å². The summed E-state index contributed by atoms with van der Waals surface area (Å²) >= 11 is 9.42.